The highest BCUT2D eigenvalue weighted by Crippen LogP contribution is 2.37. The molecule has 0 bridgehead atoms. The molecule has 24 heavy (non-hydrogen) atoms. The Kier molecular flexibility index (Phi) is 4.93. The van der Waals surface area contributed by atoms with Crippen LogP contribution in [0.25, 0.3) is 0 Å². The molecule has 1 aliphatic heterocycles. The van der Waals surface area contributed by atoms with E-state index in [2.05, 4.69) is 20.2 Å². The van der Waals surface area contributed by atoms with Crippen molar-refractivity contribution in [2.24, 2.45) is 5.92 Å². The second-order valence-electron chi connectivity index (χ2n) is 5.93. The molecular formula is C17H17ClFN5. The lowest BCUT2D eigenvalue weighted by Crippen LogP contribution is -2.25. The Bertz CT molecular complexity index is 776. The zero-order valence-corrected chi connectivity index (χ0v) is 14.0. The van der Waals surface area contributed by atoms with Crippen molar-refractivity contribution in [3.8, 4) is 6.07 Å². The number of hydrogen-bond acceptors (Lipinski definition) is 5. The first-order valence-corrected chi connectivity index (χ1v) is 8.07. The standard InChI is InChI=1S/C17H17ClFN5/c1-24-5-4-12(9-21-16-7-13(8-20)22-10-23-16)17(24)11-2-3-14(18)15(19)6-11/h2-3,6-7,10,12,17H,4-5,9H2,1H3,(H,21,22,23). The number of rotatable bonds is 4. The van der Waals surface area contributed by atoms with Gasteiger partial charge in [0.15, 0.2) is 0 Å². The van der Waals surface area contributed by atoms with Gasteiger partial charge in [0.25, 0.3) is 0 Å². The van der Waals surface area contributed by atoms with E-state index in [-0.39, 0.29) is 11.1 Å². The Morgan fingerprint density at radius 2 is 2.25 bits per heavy atom. The molecule has 1 aromatic heterocycles. The van der Waals surface area contributed by atoms with Gasteiger partial charge in [-0.1, -0.05) is 17.7 Å². The first-order valence-electron chi connectivity index (χ1n) is 7.69. The molecule has 3 rings (SSSR count). The molecule has 5 nitrogen and oxygen atoms in total. The van der Waals surface area contributed by atoms with E-state index in [4.69, 9.17) is 16.9 Å². The van der Waals surface area contributed by atoms with Crippen LogP contribution >= 0.6 is 11.6 Å². The summed E-state index contributed by atoms with van der Waals surface area (Å²) < 4.78 is 13.8. The largest absolute Gasteiger partial charge is 0.370 e. The molecule has 0 spiro atoms. The molecule has 2 atom stereocenters. The van der Waals surface area contributed by atoms with E-state index in [1.165, 1.54) is 12.4 Å². The lowest BCUT2D eigenvalue weighted by atomic mass is 9.93. The smallest absolute Gasteiger partial charge is 0.145 e. The number of nitrogens with one attached hydrogen (secondary N) is 1. The molecule has 1 aromatic carbocycles. The molecule has 1 fully saturated rings. The highest BCUT2D eigenvalue weighted by molar-refractivity contribution is 6.30. The van der Waals surface area contributed by atoms with Crippen LogP contribution in [0.5, 0.6) is 0 Å². The van der Waals surface area contributed by atoms with E-state index in [1.807, 2.05) is 19.2 Å². The second kappa shape index (κ2) is 7.12. The van der Waals surface area contributed by atoms with Crippen molar-refractivity contribution in [2.75, 3.05) is 25.5 Å². The van der Waals surface area contributed by atoms with Gasteiger partial charge in [0.05, 0.1) is 5.02 Å². The lowest BCUT2D eigenvalue weighted by molar-refractivity contribution is 0.281. The third-order valence-corrected chi connectivity index (χ3v) is 4.69. The zero-order valence-electron chi connectivity index (χ0n) is 13.2. The molecule has 2 unspecified atom stereocenters. The van der Waals surface area contributed by atoms with Gasteiger partial charge in [0.2, 0.25) is 0 Å². The second-order valence-corrected chi connectivity index (χ2v) is 6.34. The van der Waals surface area contributed by atoms with Crippen molar-refractivity contribution in [3.63, 3.8) is 0 Å². The van der Waals surface area contributed by atoms with E-state index in [9.17, 15) is 4.39 Å². The molecule has 1 aliphatic rings. The van der Waals surface area contributed by atoms with Gasteiger partial charge in [0, 0.05) is 18.7 Å². The maximum Gasteiger partial charge on any atom is 0.145 e. The summed E-state index contributed by atoms with van der Waals surface area (Å²) in [4.78, 5) is 10.2. The first-order chi connectivity index (χ1) is 11.6. The maximum absolute atomic E-state index is 13.8. The van der Waals surface area contributed by atoms with Crippen LogP contribution in [0.3, 0.4) is 0 Å². The third kappa shape index (κ3) is 3.48. The highest BCUT2D eigenvalue weighted by atomic mass is 35.5. The average Bonchev–Trinajstić information content (AvgIpc) is 2.96. The van der Waals surface area contributed by atoms with Crippen LogP contribution in [0.1, 0.15) is 23.7 Å². The molecule has 1 N–H and O–H groups in total. The Morgan fingerprint density at radius 1 is 1.42 bits per heavy atom. The quantitative estimate of drug-likeness (QED) is 0.921. The molecule has 0 amide bonds. The number of likely N-dealkylation sites (tertiary alicyclic amines) is 1. The van der Waals surface area contributed by atoms with Crippen LogP contribution in [0.2, 0.25) is 5.02 Å². The minimum absolute atomic E-state index is 0.113. The number of nitriles is 1. The van der Waals surface area contributed by atoms with Gasteiger partial charge in [0.1, 0.15) is 29.7 Å². The van der Waals surface area contributed by atoms with E-state index in [0.717, 1.165) is 18.5 Å². The molecule has 0 saturated carbocycles. The van der Waals surface area contributed by atoms with Crippen LogP contribution in [0.15, 0.2) is 30.6 Å². The fraction of sp³-hybridized carbons (Fsp3) is 0.353. The van der Waals surface area contributed by atoms with Crippen LogP contribution in [-0.2, 0) is 0 Å². The Labute approximate surface area is 145 Å². The number of nitrogens with zero attached hydrogens (tertiary/aromatic N) is 4. The lowest BCUT2D eigenvalue weighted by Gasteiger charge is -2.26. The monoisotopic (exact) mass is 345 g/mol. The summed E-state index contributed by atoms with van der Waals surface area (Å²) in [5.74, 6) is 0.531. The molecule has 124 valence electrons. The molecule has 7 heteroatoms. The normalized spacial score (nSPS) is 20.8. The number of aromatic nitrogens is 2. The molecular weight excluding hydrogens is 329 g/mol. The van der Waals surface area contributed by atoms with E-state index in [1.54, 1.807) is 12.1 Å². The summed E-state index contributed by atoms with van der Waals surface area (Å²) in [5, 5.41) is 12.3. The van der Waals surface area contributed by atoms with Crippen molar-refractivity contribution >= 4 is 17.4 Å². The van der Waals surface area contributed by atoms with Gasteiger partial charge < -0.3 is 5.32 Å². The topological polar surface area (TPSA) is 64.8 Å². The highest BCUT2D eigenvalue weighted by Gasteiger charge is 2.33. The van der Waals surface area contributed by atoms with Gasteiger partial charge in [-0.15, -0.1) is 0 Å². The minimum Gasteiger partial charge on any atom is -0.370 e. The van der Waals surface area contributed by atoms with Crippen LogP contribution in [0, 0.1) is 23.1 Å². The summed E-state index contributed by atoms with van der Waals surface area (Å²) in [6, 6.07) is 8.72. The van der Waals surface area contributed by atoms with Crippen LogP contribution in [0.4, 0.5) is 10.2 Å². The fourth-order valence-electron chi connectivity index (χ4n) is 3.21. The Balaban J connectivity index is 1.74. The summed E-state index contributed by atoms with van der Waals surface area (Å²) in [6.45, 7) is 1.62. The molecule has 1 saturated heterocycles. The minimum atomic E-state index is -0.393. The third-order valence-electron chi connectivity index (χ3n) is 4.39. The molecule has 2 heterocycles. The van der Waals surface area contributed by atoms with E-state index in [0.29, 0.717) is 24.0 Å². The number of anilines is 1. The average molecular weight is 346 g/mol. The Morgan fingerprint density at radius 3 is 3.00 bits per heavy atom. The number of benzene rings is 1. The first kappa shape index (κ1) is 16.6. The van der Waals surface area contributed by atoms with Crippen molar-refractivity contribution in [1.82, 2.24) is 14.9 Å². The van der Waals surface area contributed by atoms with Crippen molar-refractivity contribution in [2.45, 2.75) is 12.5 Å². The Hall–Kier alpha value is -2.23. The summed E-state index contributed by atoms with van der Waals surface area (Å²) in [7, 11) is 2.04. The summed E-state index contributed by atoms with van der Waals surface area (Å²) in [5.41, 5.74) is 1.25. The van der Waals surface area contributed by atoms with Gasteiger partial charge in [-0.3, -0.25) is 4.90 Å². The number of halogens is 2. The van der Waals surface area contributed by atoms with Gasteiger partial charge >= 0.3 is 0 Å². The number of hydrogen-bond donors (Lipinski definition) is 1. The summed E-state index contributed by atoms with van der Waals surface area (Å²) >= 11 is 5.79. The fourth-order valence-corrected chi connectivity index (χ4v) is 3.33. The van der Waals surface area contributed by atoms with Crippen LogP contribution in [-0.4, -0.2) is 35.0 Å². The van der Waals surface area contributed by atoms with Gasteiger partial charge in [-0.05, 0) is 43.6 Å². The molecule has 0 aliphatic carbocycles. The predicted octanol–water partition coefficient (Wildman–Crippen LogP) is 3.25. The van der Waals surface area contributed by atoms with E-state index < -0.39 is 5.82 Å². The van der Waals surface area contributed by atoms with Crippen LogP contribution < -0.4 is 5.32 Å². The predicted molar refractivity (Wildman–Crippen MR) is 90.1 cm³/mol. The van der Waals surface area contributed by atoms with Gasteiger partial charge in [-0.2, -0.15) is 5.26 Å². The van der Waals surface area contributed by atoms with E-state index >= 15 is 0 Å². The van der Waals surface area contributed by atoms with Gasteiger partial charge in [-0.25, -0.2) is 14.4 Å². The zero-order chi connectivity index (χ0) is 17.1. The molecule has 0 radical (unpaired) electrons. The SMILES string of the molecule is CN1CCC(CNc2cc(C#N)ncn2)C1c1ccc(Cl)c(F)c1. The van der Waals surface area contributed by atoms with Crippen molar-refractivity contribution in [1.29, 1.82) is 5.26 Å². The maximum atomic E-state index is 13.8. The molecule has 2 aromatic rings. The summed E-state index contributed by atoms with van der Waals surface area (Å²) in [6.07, 6.45) is 2.36. The van der Waals surface area contributed by atoms with Crippen molar-refractivity contribution < 1.29 is 4.39 Å². The van der Waals surface area contributed by atoms with Crippen molar-refractivity contribution in [3.05, 3.63) is 52.7 Å².